The van der Waals surface area contributed by atoms with E-state index in [0.717, 1.165) is 10.0 Å². The number of carbonyl (C=O) groups is 1. The molecule has 0 unspecified atom stereocenters. The summed E-state index contributed by atoms with van der Waals surface area (Å²) in [7, 11) is 0. The molecular weight excluding hydrogens is 389 g/mol. The van der Waals surface area contributed by atoms with Crippen molar-refractivity contribution < 1.29 is 22.7 Å². The summed E-state index contributed by atoms with van der Waals surface area (Å²) in [5.74, 6) is -0.601. The van der Waals surface area contributed by atoms with E-state index in [-0.39, 0.29) is 18.2 Å². The van der Waals surface area contributed by atoms with Crippen molar-refractivity contribution in [2.24, 2.45) is 0 Å². The molecular formula is C16H14BrF3N2O2. The lowest BCUT2D eigenvalue weighted by Gasteiger charge is -2.11. The average Bonchev–Trinajstić information content (AvgIpc) is 2.48. The van der Waals surface area contributed by atoms with Crippen molar-refractivity contribution in [2.75, 3.05) is 17.2 Å². The highest BCUT2D eigenvalue weighted by Gasteiger charge is 2.30. The summed E-state index contributed by atoms with van der Waals surface area (Å²) in [6.45, 7) is 1.91. The van der Waals surface area contributed by atoms with E-state index in [9.17, 15) is 18.0 Å². The van der Waals surface area contributed by atoms with Crippen LogP contribution < -0.4 is 15.4 Å². The first-order valence-corrected chi connectivity index (χ1v) is 7.68. The van der Waals surface area contributed by atoms with Gasteiger partial charge in [0.15, 0.2) is 0 Å². The fraction of sp³-hybridized carbons (Fsp3) is 0.188. The molecule has 1 amide bonds. The van der Waals surface area contributed by atoms with Gasteiger partial charge in [-0.15, -0.1) is 13.2 Å². The van der Waals surface area contributed by atoms with Crippen molar-refractivity contribution in [3.8, 4) is 5.75 Å². The second-order valence-electron chi connectivity index (χ2n) is 4.96. The van der Waals surface area contributed by atoms with Gasteiger partial charge in [0.25, 0.3) is 0 Å². The number of halogens is 4. The first-order chi connectivity index (χ1) is 11.2. The van der Waals surface area contributed by atoms with Crippen LogP contribution >= 0.6 is 15.9 Å². The summed E-state index contributed by atoms with van der Waals surface area (Å²) in [6, 6.07) is 10.7. The molecule has 0 radical (unpaired) electrons. The molecule has 0 aliphatic carbocycles. The van der Waals surface area contributed by atoms with Crippen molar-refractivity contribution in [3.05, 3.63) is 52.5 Å². The molecule has 0 aliphatic heterocycles. The maximum absolute atomic E-state index is 12.1. The van der Waals surface area contributed by atoms with E-state index >= 15 is 0 Å². The summed E-state index contributed by atoms with van der Waals surface area (Å²) in [4.78, 5) is 11.9. The lowest BCUT2D eigenvalue weighted by molar-refractivity contribution is -0.274. The molecule has 0 bridgehead atoms. The van der Waals surface area contributed by atoms with E-state index in [0.29, 0.717) is 11.4 Å². The second-order valence-corrected chi connectivity index (χ2v) is 5.81. The van der Waals surface area contributed by atoms with E-state index < -0.39 is 6.36 Å². The number of benzene rings is 2. The Labute approximate surface area is 145 Å². The third-order valence-corrected chi connectivity index (χ3v) is 3.60. The molecule has 0 fully saturated rings. The highest BCUT2D eigenvalue weighted by molar-refractivity contribution is 9.10. The van der Waals surface area contributed by atoms with E-state index in [1.807, 2.05) is 19.1 Å². The van der Waals surface area contributed by atoms with Gasteiger partial charge in [-0.2, -0.15) is 0 Å². The number of ether oxygens (including phenoxy) is 1. The van der Waals surface area contributed by atoms with E-state index in [1.165, 1.54) is 24.3 Å². The Bertz CT molecular complexity index is 718. The minimum absolute atomic E-state index is 0.0280. The minimum Gasteiger partial charge on any atom is -0.406 e. The van der Waals surface area contributed by atoms with Crippen LogP contribution in [0.15, 0.2) is 46.9 Å². The molecule has 128 valence electrons. The Balaban J connectivity index is 1.87. The van der Waals surface area contributed by atoms with Crippen LogP contribution in [-0.4, -0.2) is 18.8 Å². The summed E-state index contributed by atoms with van der Waals surface area (Å²) in [6.07, 6.45) is -4.73. The number of amides is 1. The zero-order valence-electron chi connectivity index (χ0n) is 12.6. The molecule has 0 atom stereocenters. The third-order valence-electron chi connectivity index (χ3n) is 2.94. The average molecular weight is 403 g/mol. The molecule has 0 aromatic heterocycles. The molecule has 2 aromatic rings. The Kier molecular flexibility index (Phi) is 5.71. The molecule has 0 saturated heterocycles. The lowest BCUT2D eigenvalue weighted by atomic mass is 10.2. The number of carbonyl (C=O) groups excluding carboxylic acids is 1. The maximum atomic E-state index is 12.1. The van der Waals surface area contributed by atoms with Gasteiger partial charge in [-0.3, -0.25) is 4.79 Å². The molecule has 2 rings (SSSR count). The van der Waals surface area contributed by atoms with Gasteiger partial charge in [-0.1, -0.05) is 6.07 Å². The van der Waals surface area contributed by atoms with E-state index in [4.69, 9.17) is 0 Å². The molecule has 8 heteroatoms. The van der Waals surface area contributed by atoms with Crippen LogP contribution in [0.4, 0.5) is 24.5 Å². The molecule has 0 aliphatic rings. The third kappa shape index (κ3) is 5.77. The SMILES string of the molecule is Cc1ccc(NC(=O)CNc2ccc(OC(F)(F)F)cc2)c(Br)c1. The number of alkyl halides is 3. The maximum Gasteiger partial charge on any atom is 0.573 e. The number of aryl methyl sites for hydroxylation is 1. The largest absolute Gasteiger partial charge is 0.573 e. The van der Waals surface area contributed by atoms with Gasteiger partial charge in [0.2, 0.25) is 5.91 Å². The van der Waals surface area contributed by atoms with Crippen LogP contribution in [0.5, 0.6) is 5.75 Å². The zero-order chi connectivity index (χ0) is 17.7. The van der Waals surface area contributed by atoms with Crippen LogP contribution in [0.3, 0.4) is 0 Å². The van der Waals surface area contributed by atoms with Crippen molar-refractivity contribution in [1.29, 1.82) is 0 Å². The summed E-state index contributed by atoms with van der Waals surface area (Å²) < 4.78 is 40.7. The quantitative estimate of drug-likeness (QED) is 0.761. The fourth-order valence-corrected chi connectivity index (χ4v) is 2.47. The predicted octanol–water partition coefficient (Wildman–Crippen LogP) is 4.71. The molecule has 0 saturated carbocycles. The molecule has 2 aromatic carbocycles. The summed E-state index contributed by atoms with van der Waals surface area (Å²) in [5, 5.41) is 5.55. The number of anilines is 2. The van der Waals surface area contributed by atoms with Gasteiger partial charge < -0.3 is 15.4 Å². The van der Waals surface area contributed by atoms with Gasteiger partial charge in [0.05, 0.1) is 12.2 Å². The number of nitrogens with one attached hydrogen (secondary N) is 2. The molecule has 0 spiro atoms. The monoisotopic (exact) mass is 402 g/mol. The Morgan fingerprint density at radius 1 is 1.17 bits per heavy atom. The smallest absolute Gasteiger partial charge is 0.406 e. The first kappa shape index (κ1) is 18.1. The Morgan fingerprint density at radius 2 is 1.83 bits per heavy atom. The van der Waals surface area contributed by atoms with Gasteiger partial charge >= 0.3 is 6.36 Å². The van der Waals surface area contributed by atoms with Crippen LogP contribution in [0.2, 0.25) is 0 Å². The summed E-state index contributed by atoms with van der Waals surface area (Å²) in [5.41, 5.74) is 2.20. The van der Waals surface area contributed by atoms with Crippen molar-refractivity contribution >= 4 is 33.2 Å². The molecule has 4 nitrogen and oxygen atoms in total. The Hall–Kier alpha value is -2.22. The van der Waals surface area contributed by atoms with E-state index in [1.54, 1.807) is 6.07 Å². The summed E-state index contributed by atoms with van der Waals surface area (Å²) >= 11 is 3.36. The van der Waals surface area contributed by atoms with Crippen molar-refractivity contribution in [1.82, 2.24) is 0 Å². The molecule has 0 heterocycles. The molecule has 2 N–H and O–H groups in total. The number of hydrogen-bond donors (Lipinski definition) is 2. The Morgan fingerprint density at radius 3 is 2.42 bits per heavy atom. The van der Waals surface area contributed by atoms with E-state index in [2.05, 4.69) is 31.3 Å². The van der Waals surface area contributed by atoms with Crippen LogP contribution in [-0.2, 0) is 4.79 Å². The van der Waals surface area contributed by atoms with Gasteiger partial charge in [0.1, 0.15) is 5.75 Å². The highest BCUT2D eigenvalue weighted by Crippen LogP contribution is 2.24. The highest BCUT2D eigenvalue weighted by atomic mass is 79.9. The standard InChI is InChI=1S/C16H14BrF3N2O2/c1-10-2-7-14(13(17)8-10)22-15(23)9-21-11-3-5-12(6-4-11)24-16(18,19)20/h2-8,21H,9H2,1H3,(H,22,23). The van der Waals surface area contributed by atoms with Gasteiger partial charge in [0, 0.05) is 10.2 Å². The minimum atomic E-state index is -4.73. The van der Waals surface area contributed by atoms with Crippen molar-refractivity contribution in [2.45, 2.75) is 13.3 Å². The first-order valence-electron chi connectivity index (χ1n) is 6.88. The van der Waals surface area contributed by atoms with Crippen LogP contribution in [0, 0.1) is 6.92 Å². The zero-order valence-corrected chi connectivity index (χ0v) is 14.2. The number of rotatable bonds is 5. The lowest BCUT2D eigenvalue weighted by Crippen LogP contribution is -2.22. The normalized spacial score (nSPS) is 11.0. The predicted molar refractivity (Wildman–Crippen MR) is 89.1 cm³/mol. The van der Waals surface area contributed by atoms with Crippen LogP contribution in [0.1, 0.15) is 5.56 Å². The topological polar surface area (TPSA) is 50.4 Å². The van der Waals surface area contributed by atoms with Gasteiger partial charge in [-0.25, -0.2) is 0 Å². The van der Waals surface area contributed by atoms with Gasteiger partial charge in [-0.05, 0) is 64.8 Å². The fourth-order valence-electron chi connectivity index (χ4n) is 1.87. The molecule has 24 heavy (non-hydrogen) atoms. The second kappa shape index (κ2) is 7.57. The number of hydrogen-bond acceptors (Lipinski definition) is 3. The van der Waals surface area contributed by atoms with Crippen LogP contribution in [0.25, 0.3) is 0 Å². The van der Waals surface area contributed by atoms with Crippen molar-refractivity contribution in [3.63, 3.8) is 0 Å².